The van der Waals surface area contributed by atoms with Crippen LogP contribution in [-0.4, -0.2) is 22.8 Å². The first-order valence-electron chi connectivity index (χ1n) is 10.1. The molecule has 0 aromatic heterocycles. The van der Waals surface area contributed by atoms with Gasteiger partial charge >= 0.3 is 0 Å². The second-order valence-corrected chi connectivity index (χ2v) is 7.34. The number of nitrogens with one attached hydrogen (secondary N) is 1. The molecule has 1 unspecified atom stereocenters. The van der Waals surface area contributed by atoms with Gasteiger partial charge < -0.3 is 15.0 Å². The van der Waals surface area contributed by atoms with E-state index in [-0.39, 0.29) is 11.8 Å². The molecule has 2 amide bonds. The maximum absolute atomic E-state index is 13.0. The largest absolute Gasteiger partial charge is 0.480 e. The summed E-state index contributed by atoms with van der Waals surface area (Å²) in [6.07, 6.45) is 0.0792. The number of rotatable bonds is 5. The normalized spacial score (nSPS) is 15.7. The SMILES string of the molecule is CCC1Oc2ccc(NC(=O)c3ccccc3)cc2CN(Cc2ccccc2)C1=O. The Bertz CT molecular complexity index is 1030. The zero-order valence-corrected chi connectivity index (χ0v) is 16.9. The average molecular weight is 400 g/mol. The highest BCUT2D eigenvalue weighted by Gasteiger charge is 2.30. The molecule has 1 heterocycles. The van der Waals surface area contributed by atoms with Crippen LogP contribution in [0, 0.1) is 0 Å². The number of carbonyl (C=O) groups is 2. The van der Waals surface area contributed by atoms with Gasteiger partial charge in [-0.15, -0.1) is 0 Å². The van der Waals surface area contributed by atoms with Crippen LogP contribution in [0.5, 0.6) is 5.75 Å². The lowest BCUT2D eigenvalue weighted by Gasteiger charge is -2.23. The summed E-state index contributed by atoms with van der Waals surface area (Å²) in [6.45, 7) is 2.89. The molecule has 0 aliphatic carbocycles. The molecule has 5 nitrogen and oxygen atoms in total. The van der Waals surface area contributed by atoms with Gasteiger partial charge in [-0.3, -0.25) is 9.59 Å². The second-order valence-electron chi connectivity index (χ2n) is 7.34. The molecule has 3 aromatic carbocycles. The summed E-state index contributed by atoms with van der Waals surface area (Å²) in [5.74, 6) is 0.490. The van der Waals surface area contributed by atoms with Gasteiger partial charge in [0.25, 0.3) is 11.8 Å². The third-order valence-corrected chi connectivity index (χ3v) is 5.16. The number of anilines is 1. The van der Waals surface area contributed by atoms with Crippen molar-refractivity contribution < 1.29 is 14.3 Å². The molecule has 3 aromatic rings. The van der Waals surface area contributed by atoms with Crippen LogP contribution in [0.25, 0.3) is 0 Å². The van der Waals surface area contributed by atoms with Crippen LogP contribution in [-0.2, 0) is 17.9 Å². The average Bonchev–Trinajstić information content (AvgIpc) is 2.91. The lowest BCUT2D eigenvalue weighted by molar-refractivity contribution is -0.139. The highest BCUT2D eigenvalue weighted by Crippen LogP contribution is 2.30. The molecule has 0 saturated carbocycles. The monoisotopic (exact) mass is 400 g/mol. The van der Waals surface area contributed by atoms with E-state index in [2.05, 4.69) is 5.32 Å². The molecule has 4 rings (SSSR count). The third-order valence-electron chi connectivity index (χ3n) is 5.16. The molecule has 1 aliphatic heterocycles. The molecule has 152 valence electrons. The number of amides is 2. The second kappa shape index (κ2) is 8.82. The maximum Gasteiger partial charge on any atom is 0.264 e. The molecule has 0 bridgehead atoms. The third kappa shape index (κ3) is 4.35. The topological polar surface area (TPSA) is 58.6 Å². The Balaban J connectivity index is 1.59. The van der Waals surface area contributed by atoms with Gasteiger partial charge in [-0.2, -0.15) is 0 Å². The van der Waals surface area contributed by atoms with Crippen LogP contribution in [0.3, 0.4) is 0 Å². The highest BCUT2D eigenvalue weighted by molar-refractivity contribution is 6.04. The molecule has 1 aliphatic rings. The number of nitrogens with zero attached hydrogens (tertiary/aromatic N) is 1. The zero-order chi connectivity index (χ0) is 20.9. The van der Waals surface area contributed by atoms with E-state index in [4.69, 9.17) is 4.74 Å². The van der Waals surface area contributed by atoms with Crippen molar-refractivity contribution in [3.8, 4) is 5.75 Å². The van der Waals surface area contributed by atoms with Crippen LogP contribution >= 0.6 is 0 Å². The molecule has 5 heteroatoms. The molecule has 1 atom stereocenters. The smallest absolute Gasteiger partial charge is 0.264 e. The van der Waals surface area contributed by atoms with Crippen molar-refractivity contribution in [3.63, 3.8) is 0 Å². The summed E-state index contributed by atoms with van der Waals surface area (Å²) in [7, 11) is 0. The summed E-state index contributed by atoms with van der Waals surface area (Å²) < 4.78 is 6.03. The number of hydrogen-bond donors (Lipinski definition) is 1. The van der Waals surface area contributed by atoms with Gasteiger partial charge in [-0.1, -0.05) is 55.5 Å². The van der Waals surface area contributed by atoms with Gasteiger partial charge in [-0.05, 0) is 42.3 Å². The van der Waals surface area contributed by atoms with E-state index in [1.54, 1.807) is 12.1 Å². The van der Waals surface area contributed by atoms with Crippen molar-refractivity contribution in [2.24, 2.45) is 0 Å². The number of hydrogen-bond acceptors (Lipinski definition) is 3. The molecule has 0 spiro atoms. The van der Waals surface area contributed by atoms with E-state index in [9.17, 15) is 9.59 Å². The van der Waals surface area contributed by atoms with Crippen LogP contribution in [0.1, 0.15) is 34.8 Å². The van der Waals surface area contributed by atoms with E-state index in [1.807, 2.05) is 78.6 Å². The number of ether oxygens (including phenoxy) is 1. The van der Waals surface area contributed by atoms with Gasteiger partial charge in [0.1, 0.15) is 5.75 Å². The molecular formula is C25H24N2O3. The lowest BCUT2D eigenvalue weighted by atomic mass is 10.1. The Morgan fingerprint density at radius 1 is 1.03 bits per heavy atom. The first-order chi connectivity index (χ1) is 14.6. The summed E-state index contributed by atoms with van der Waals surface area (Å²) in [4.78, 5) is 27.3. The molecule has 0 fully saturated rings. The van der Waals surface area contributed by atoms with E-state index in [0.717, 1.165) is 11.1 Å². The minimum absolute atomic E-state index is 0.0209. The van der Waals surface area contributed by atoms with Gasteiger partial charge in [0.2, 0.25) is 0 Å². The quantitative estimate of drug-likeness (QED) is 0.679. The van der Waals surface area contributed by atoms with E-state index in [1.165, 1.54) is 0 Å². The summed E-state index contributed by atoms with van der Waals surface area (Å²) in [5.41, 5.74) is 3.21. The Kier molecular flexibility index (Phi) is 5.80. The van der Waals surface area contributed by atoms with Crippen LogP contribution in [0.4, 0.5) is 5.69 Å². The summed E-state index contributed by atoms with van der Waals surface area (Å²) >= 11 is 0. The van der Waals surface area contributed by atoms with Gasteiger partial charge in [0, 0.05) is 29.9 Å². The molecule has 1 N–H and O–H groups in total. The predicted molar refractivity (Wildman–Crippen MR) is 116 cm³/mol. The van der Waals surface area contributed by atoms with E-state index in [0.29, 0.717) is 36.5 Å². The van der Waals surface area contributed by atoms with Crippen molar-refractivity contribution in [2.45, 2.75) is 32.5 Å². The van der Waals surface area contributed by atoms with Crippen LogP contribution < -0.4 is 10.1 Å². The predicted octanol–water partition coefficient (Wildman–Crippen LogP) is 4.64. The molecular weight excluding hydrogens is 376 g/mol. The first kappa shape index (κ1) is 19.7. The van der Waals surface area contributed by atoms with E-state index >= 15 is 0 Å². The van der Waals surface area contributed by atoms with Crippen LogP contribution in [0.2, 0.25) is 0 Å². The summed E-state index contributed by atoms with van der Waals surface area (Å²) in [6, 6.07) is 24.5. The van der Waals surface area contributed by atoms with Gasteiger partial charge in [-0.25, -0.2) is 0 Å². The minimum Gasteiger partial charge on any atom is -0.480 e. The fourth-order valence-electron chi connectivity index (χ4n) is 3.57. The Hall–Kier alpha value is -3.60. The van der Waals surface area contributed by atoms with Crippen LogP contribution in [0.15, 0.2) is 78.9 Å². The van der Waals surface area contributed by atoms with Crippen molar-refractivity contribution >= 4 is 17.5 Å². The standard InChI is InChI=1S/C25H24N2O3/c1-2-22-25(29)27(16-18-9-5-3-6-10-18)17-20-15-21(13-14-23(20)30-22)26-24(28)19-11-7-4-8-12-19/h3-15,22H,2,16-17H2,1H3,(H,26,28). The van der Waals surface area contributed by atoms with E-state index < -0.39 is 6.10 Å². The number of fused-ring (bicyclic) bond motifs is 1. The fraction of sp³-hybridized carbons (Fsp3) is 0.200. The minimum atomic E-state index is -0.514. The number of carbonyl (C=O) groups excluding carboxylic acids is 2. The zero-order valence-electron chi connectivity index (χ0n) is 16.9. The summed E-state index contributed by atoms with van der Waals surface area (Å²) in [5, 5.41) is 2.93. The molecule has 30 heavy (non-hydrogen) atoms. The van der Waals surface area contributed by atoms with Gasteiger partial charge in [0.15, 0.2) is 6.10 Å². The Morgan fingerprint density at radius 2 is 1.73 bits per heavy atom. The Morgan fingerprint density at radius 3 is 2.43 bits per heavy atom. The molecule has 0 saturated heterocycles. The number of benzene rings is 3. The fourth-order valence-corrected chi connectivity index (χ4v) is 3.57. The molecule has 0 radical (unpaired) electrons. The highest BCUT2D eigenvalue weighted by atomic mass is 16.5. The van der Waals surface area contributed by atoms with Crippen molar-refractivity contribution in [3.05, 3.63) is 95.6 Å². The van der Waals surface area contributed by atoms with Crippen molar-refractivity contribution in [1.82, 2.24) is 4.90 Å². The lowest BCUT2D eigenvalue weighted by Crippen LogP contribution is -2.38. The van der Waals surface area contributed by atoms with Crippen molar-refractivity contribution in [1.29, 1.82) is 0 Å². The van der Waals surface area contributed by atoms with Crippen molar-refractivity contribution in [2.75, 3.05) is 5.32 Å². The first-order valence-corrected chi connectivity index (χ1v) is 10.1. The Labute approximate surface area is 176 Å². The maximum atomic E-state index is 13.0. The van der Waals surface area contributed by atoms with Gasteiger partial charge in [0.05, 0.1) is 0 Å².